The van der Waals surface area contributed by atoms with Gasteiger partial charge in [-0.1, -0.05) is 352 Å². The van der Waals surface area contributed by atoms with E-state index in [-0.39, 0.29) is 0 Å². The summed E-state index contributed by atoms with van der Waals surface area (Å²) in [4.78, 5) is 0. The van der Waals surface area contributed by atoms with E-state index < -0.39 is 0 Å². The predicted molar refractivity (Wildman–Crippen MR) is 560 cm³/mol. The van der Waals surface area contributed by atoms with Gasteiger partial charge in [-0.15, -0.1) is 0 Å². The van der Waals surface area contributed by atoms with Crippen LogP contribution in [0.1, 0.15) is 11.1 Å². The van der Waals surface area contributed by atoms with Gasteiger partial charge in [-0.3, -0.25) is 0 Å². The van der Waals surface area contributed by atoms with E-state index >= 15 is 0 Å². The summed E-state index contributed by atoms with van der Waals surface area (Å²) in [7, 11) is 0. The lowest BCUT2D eigenvalue weighted by atomic mass is 9.82. The molecule has 0 aliphatic carbocycles. The van der Waals surface area contributed by atoms with Gasteiger partial charge in [-0.2, -0.15) is 0 Å². The van der Waals surface area contributed by atoms with Crippen LogP contribution in [0.15, 0.2) is 457 Å². The van der Waals surface area contributed by atoms with E-state index in [0.717, 1.165) is 177 Å². The first-order valence-electron chi connectivity index (χ1n) is 45.5. The Labute approximate surface area is 760 Å². The highest BCUT2D eigenvalue weighted by atomic mass is 16.3. The first-order valence-corrected chi connectivity index (χ1v) is 45.5. The van der Waals surface area contributed by atoms with Crippen molar-refractivity contribution in [3.63, 3.8) is 0 Å². The third-order valence-corrected chi connectivity index (χ3v) is 28.3. The maximum Gasteiger partial charge on any atom is 0.143 e. The van der Waals surface area contributed by atoms with Crippen molar-refractivity contribution in [1.29, 1.82) is 0 Å². The standard InChI is InChI=1S/C129H78O3/c1-3-95-100-59-52-87(73-118(100)130-127(95)96-36-9-4-24-76(96)2)83-32-22-35-92(70-83)124-110-45-18-19-46-111(110)126(103-47-23-29-78-26-7-10-37-97(78)103)113-63-55-86(72-117(113)124)85-54-62-112-116(71-85)125(93-49-48-77-25-5-6-28-80(77)67-93)109-44-17-16-43-108(109)123(112)94-57-61-102-115-65-56-89-66-84(51-58-99(89)129(115)132-120(102)75-94)81-30-20-33-90(68-81)121-104-39-12-14-41-106(104)122(107-42-15-13-40-105(107)121)91-34-21-31-82(69-91)88-53-60-101-114-64-50-79-27-8-11-38-98(79)128(114)131-119(101)74-88/h3-75H,1H2,2H3. The second kappa shape index (κ2) is 29.7. The van der Waals surface area contributed by atoms with Crippen LogP contribution < -0.4 is 0 Å². The van der Waals surface area contributed by atoms with Crippen molar-refractivity contribution in [2.45, 2.75) is 6.92 Å². The summed E-state index contributed by atoms with van der Waals surface area (Å²) < 4.78 is 20.8. The summed E-state index contributed by atoms with van der Waals surface area (Å²) in [5.74, 6) is 0.839. The average molecular weight is 1680 g/mol. The fourth-order valence-electron chi connectivity index (χ4n) is 22.1. The Morgan fingerprint density at radius 1 is 0.174 bits per heavy atom. The number of furan rings is 3. The van der Waals surface area contributed by atoms with Crippen LogP contribution >= 0.6 is 0 Å². The highest BCUT2D eigenvalue weighted by Crippen LogP contribution is 2.53. The lowest BCUT2D eigenvalue weighted by molar-refractivity contribution is 0.630. The molecule has 3 heteroatoms. The van der Waals surface area contributed by atoms with Crippen LogP contribution in [0.25, 0.3) is 291 Å². The van der Waals surface area contributed by atoms with Gasteiger partial charge in [-0.05, 0) is 318 Å². The summed E-state index contributed by atoms with van der Waals surface area (Å²) >= 11 is 0. The molecule has 3 nitrogen and oxygen atoms in total. The Morgan fingerprint density at radius 3 is 1.00 bits per heavy atom. The first kappa shape index (κ1) is 75.0. The Morgan fingerprint density at radius 2 is 0.470 bits per heavy atom. The summed E-state index contributed by atoms with van der Waals surface area (Å²) in [6, 6.07) is 162. The molecule has 0 saturated heterocycles. The molecule has 0 aliphatic rings. The molecule has 0 saturated carbocycles. The van der Waals surface area contributed by atoms with Gasteiger partial charge in [0.1, 0.15) is 33.7 Å². The molecule has 0 fully saturated rings. The van der Waals surface area contributed by atoms with E-state index in [1.807, 2.05) is 6.08 Å². The first-order chi connectivity index (χ1) is 65.3. The molecule has 3 heterocycles. The van der Waals surface area contributed by atoms with E-state index in [9.17, 15) is 0 Å². The maximum absolute atomic E-state index is 7.30. The molecule has 0 atom stereocenters. The van der Waals surface area contributed by atoms with Crippen molar-refractivity contribution in [3.05, 3.63) is 454 Å². The summed E-state index contributed by atoms with van der Waals surface area (Å²) in [6.07, 6.45) is 1.93. The average Bonchev–Trinajstić information content (AvgIpc) is 1.19. The number of hydrogen-bond acceptors (Lipinski definition) is 3. The molecule has 0 bridgehead atoms. The van der Waals surface area contributed by atoms with Crippen LogP contribution in [0.5, 0.6) is 0 Å². The van der Waals surface area contributed by atoms with Gasteiger partial charge in [0, 0.05) is 48.8 Å². The summed E-state index contributed by atoms with van der Waals surface area (Å²) in [5.41, 5.74) is 30.6. The zero-order valence-electron chi connectivity index (χ0n) is 72.1. The van der Waals surface area contributed by atoms with E-state index in [1.165, 1.54) is 120 Å². The van der Waals surface area contributed by atoms with Gasteiger partial charge >= 0.3 is 0 Å². The van der Waals surface area contributed by atoms with Crippen molar-refractivity contribution < 1.29 is 13.3 Å². The van der Waals surface area contributed by atoms with Crippen molar-refractivity contribution in [1.82, 2.24) is 0 Å². The van der Waals surface area contributed by atoms with Gasteiger partial charge in [-0.25, -0.2) is 0 Å². The Hall–Kier alpha value is -17.2. The lowest BCUT2D eigenvalue weighted by Crippen LogP contribution is -1.94. The van der Waals surface area contributed by atoms with Crippen LogP contribution in [-0.4, -0.2) is 0 Å². The van der Waals surface area contributed by atoms with Gasteiger partial charge in [0.05, 0.1) is 0 Å². The molecule has 0 N–H and O–H groups in total. The van der Waals surface area contributed by atoms with Crippen LogP contribution in [-0.2, 0) is 0 Å². The number of hydrogen-bond donors (Lipinski definition) is 0. The molecule has 612 valence electrons. The minimum Gasteiger partial charge on any atom is -0.455 e. The quantitative estimate of drug-likeness (QED) is 0.114. The van der Waals surface area contributed by atoms with Gasteiger partial charge in [0.15, 0.2) is 0 Å². The molecule has 27 aromatic rings. The molecule has 27 rings (SSSR count). The number of rotatable bonds is 12. The molecular weight excluding hydrogens is 1600 g/mol. The topological polar surface area (TPSA) is 39.4 Å². The molecular formula is C129H78O3. The highest BCUT2D eigenvalue weighted by Gasteiger charge is 2.27. The summed E-state index contributed by atoms with van der Waals surface area (Å²) in [5, 5.41) is 29.0. The monoisotopic (exact) mass is 1670 g/mol. The van der Waals surface area contributed by atoms with Gasteiger partial charge in [0.2, 0.25) is 0 Å². The Kier molecular flexibility index (Phi) is 16.9. The maximum atomic E-state index is 7.30. The minimum absolute atomic E-state index is 0.826. The molecule has 0 radical (unpaired) electrons. The predicted octanol–water partition coefficient (Wildman–Crippen LogP) is 37.1. The zero-order valence-corrected chi connectivity index (χ0v) is 72.1. The van der Waals surface area contributed by atoms with E-state index in [1.54, 1.807) is 0 Å². The summed E-state index contributed by atoms with van der Waals surface area (Å²) in [6.45, 7) is 6.40. The van der Waals surface area contributed by atoms with E-state index in [0.29, 0.717) is 0 Å². The van der Waals surface area contributed by atoms with Crippen LogP contribution in [0.3, 0.4) is 0 Å². The van der Waals surface area contributed by atoms with E-state index in [2.05, 4.69) is 450 Å². The van der Waals surface area contributed by atoms with E-state index in [4.69, 9.17) is 13.3 Å². The lowest BCUT2D eigenvalue weighted by Gasteiger charge is -2.21. The van der Waals surface area contributed by atoms with Gasteiger partial charge in [0.25, 0.3) is 0 Å². The minimum atomic E-state index is 0.826. The van der Waals surface area contributed by atoms with Crippen LogP contribution in [0.2, 0.25) is 0 Å². The molecule has 0 amide bonds. The molecule has 0 unspecified atom stereocenters. The second-order valence-electron chi connectivity index (χ2n) is 35.5. The Bertz CT molecular complexity index is 9600. The normalized spacial score (nSPS) is 12.0. The Balaban J connectivity index is 0.574. The van der Waals surface area contributed by atoms with Crippen molar-refractivity contribution >= 4 is 169 Å². The second-order valence-corrected chi connectivity index (χ2v) is 35.5. The van der Waals surface area contributed by atoms with Crippen molar-refractivity contribution in [3.8, 4) is 123 Å². The molecule has 132 heavy (non-hydrogen) atoms. The fourth-order valence-corrected chi connectivity index (χ4v) is 22.1. The van der Waals surface area contributed by atoms with Crippen LogP contribution in [0, 0.1) is 6.92 Å². The molecule has 3 aromatic heterocycles. The van der Waals surface area contributed by atoms with Crippen molar-refractivity contribution in [2.24, 2.45) is 0 Å². The molecule has 0 aliphatic heterocycles. The number of benzene rings is 24. The third kappa shape index (κ3) is 11.8. The number of aryl methyl sites for hydroxylation is 1. The molecule has 24 aromatic carbocycles. The third-order valence-electron chi connectivity index (χ3n) is 28.3. The zero-order chi connectivity index (χ0) is 86.9. The van der Waals surface area contributed by atoms with Gasteiger partial charge < -0.3 is 13.3 Å². The fraction of sp³-hybridized carbons (Fsp3) is 0.00775. The smallest absolute Gasteiger partial charge is 0.143 e. The SMILES string of the molecule is C=Cc1c(-c2ccccc2C)oc2cc(-c3cccc(-c4c5ccccc5c(-c5cccc6ccccc56)c5ccc(-c6ccc7c(-c8ccc9c(c8)oc8c%10ccc(-c%11cccc(-c%12c%13ccccc%13c(-c%13cccc(-c%14ccc%15c(c%14)oc%14c%16ccccc%16ccc%15%14)c%13)c%13ccccc%12%13)c%11)cc%10ccc98)c8ccccc8c(-c8ccc9ccccc9c8)c7c6)cc45)c3)ccc12. The van der Waals surface area contributed by atoms with Crippen molar-refractivity contribution in [2.75, 3.05) is 0 Å². The molecule has 0 spiro atoms. The highest BCUT2D eigenvalue weighted by molar-refractivity contribution is 6.28. The van der Waals surface area contributed by atoms with Crippen LogP contribution in [0.4, 0.5) is 0 Å². The number of fused-ring (bicyclic) bond motifs is 19. The largest absolute Gasteiger partial charge is 0.455 e.